The number of hydrogen-bond acceptors (Lipinski definition) is 3. The number of rotatable bonds is 5. The minimum atomic E-state index is -0.273. The second-order valence-electron chi connectivity index (χ2n) is 4.03. The lowest BCUT2D eigenvalue weighted by molar-refractivity contribution is -0.140. The molecule has 0 saturated carbocycles. The first kappa shape index (κ1) is 16.0. The fourth-order valence-electron chi connectivity index (χ4n) is 1.53. The molecule has 0 unspecified atom stereocenters. The van der Waals surface area contributed by atoms with Crippen molar-refractivity contribution >= 4 is 39.4 Å². The minimum absolute atomic E-state index is 0.140. The van der Waals surface area contributed by atoms with Crippen LogP contribution in [0.25, 0.3) is 0 Å². The Kier molecular flexibility index (Phi) is 6.31. The minimum Gasteiger partial charge on any atom is -0.469 e. The van der Waals surface area contributed by atoms with Gasteiger partial charge in [-0.15, -0.1) is 0 Å². The number of methoxy groups -OCH3 is 1. The molecule has 1 amide bonds. The van der Waals surface area contributed by atoms with Crippen LogP contribution in [0.3, 0.4) is 0 Å². The molecule has 19 heavy (non-hydrogen) atoms. The summed E-state index contributed by atoms with van der Waals surface area (Å²) in [7, 11) is 3.03. The van der Waals surface area contributed by atoms with Gasteiger partial charge in [-0.3, -0.25) is 9.59 Å². The zero-order valence-electron chi connectivity index (χ0n) is 10.8. The van der Waals surface area contributed by atoms with Crippen molar-refractivity contribution in [3.8, 4) is 0 Å². The van der Waals surface area contributed by atoms with Crippen LogP contribution in [0.5, 0.6) is 0 Å². The summed E-state index contributed by atoms with van der Waals surface area (Å²) in [6.45, 7) is 0.479. The number of carbonyl (C=O) groups excluding carboxylic acids is 2. The van der Waals surface area contributed by atoms with Gasteiger partial charge in [-0.25, -0.2) is 0 Å². The zero-order chi connectivity index (χ0) is 14.4. The first-order valence-electron chi connectivity index (χ1n) is 5.73. The van der Waals surface area contributed by atoms with Gasteiger partial charge in [-0.2, -0.15) is 0 Å². The van der Waals surface area contributed by atoms with E-state index in [9.17, 15) is 9.59 Å². The number of esters is 1. The molecular formula is C13H15BrClNO3. The second-order valence-corrected chi connectivity index (χ2v) is 5.32. The van der Waals surface area contributed by atoms with Crippen LogP contribution >= 0.6 is 27.5 Å². The highest BCUT2D eigenvalue weighted by Gasteiger charge is 2.15. The van der Waals surface area contributed by atoms with Gasteiger partial charge in [0.25, 0.3) is 5.91 Å². The molecule has 0 radical (unpaired) electrons. The van der Waals surface area contributed by atoms with E-state index in [1.807, 2.05) is 0 Å². The van der Waals surface area contributed by atoms with Gasteiger partial charge in [0.15, 0.2) is 0 Å². The monoisotopic (exact) mass is 347 g/mol. The maximum atomic E-state index is 12.2. The third-order valence-corrected chi connectivity index (χ3v) is 3.53. The van der Waals surface area contributed by atoms with Crippen LogP contribution < -0.4 is 0 Å². The number of halogens is 2. The second kappa shape index (κ2) is 7.50. The molecular weight excluding hydrogens is 334 g/mol. The molecule has 0 bridgehead atoms. The van der Waals surface area contributed by atoms with E-state index >= 15 is 0 Å². The molecule has 0 spiro atoms. The Balaban J connectivity index is 2.61. The Bertz CT molecular complexity index is 479. The molecule has 0 aliphatic carbocycles. The smallest absolute Gasteiger partial charge is 0.305 e. The molecule has 0 fully saturated rings. The van der Waals surface area contributed by atoms with Crippen LogP contribution in [0.1, 0.15) is 23.2 Å². The molecule has 104 valence electrons. The van der Waals surface area contributed by atoms with Crippen molar-refractivity contribution in [2.75, 3.05) is 20.7 Å². The standard InChI is InChI=1S/C13H15BrClNO3/c1-16(7-3-4-12(17)19-2)13(18)10-8-9(15)5-6-11(10)14/h5-6,8H,3-4,7H2,1-2H3. The Morgan fingerprint density at radius 1 is 1.42 bits per heavy atom. The van der Waals surface area contributed by atoms with E-state index < -0.39 is 0 Å². The van der Waals surface area contributed by atoms with Gasteiger partial charge >= 0.3 is 5.97 Å². The van der Waals surface area contributed by atoms with Gasteiger partial charge in [-0.05, 0) is 40.5 Å². The molecule has 0 aliphatic heterocycles. The summed E-state index contributed by atoms with van der Waals surface area (Å²) in [6.07, 6.45) is 0.859. The van der Waals surface area contributed by atoms with Gasteiger partial charge < -0.3 is 9.64 Å². The molecule has 0 N–H and O–H groups in total. The summed E-state index contributed by atoms with van der Waals surface area (Å²) in [5.74, 6) is -0.413. The fraction of sp³-hybridized carbons (Fsp3) is 0.385. The summed E-state index contributed by atoms with van der Waals surface area (Å²) in [5.41, 5.74) is 0.507. The first-order chi connectivity index (χ1) is 8.95. The highest BCUT2D eigenvalue weighted by atomic mass is 79.9. The van der Waals surface area contributed by atoms with Gasteiger partial charge in [-0.1, -0.05) is 11.6 Å². The predicted molar refractivity (Wildman–Crippen MR) is 77.4 cm³/mol. The van der Waals surface area contributed by atoms with Crippen molar-refractivity contribution in [1.29, 1.82) is 0 Å². The molecule has 0 saturated heterocycles. The summed E-state index contributed by atoms with van der Waals surface area (Å²) >= 11 is 9.20. The zero-order valence-corrected chi connectivity index (χ0v) is 13.1. The number of amides is 1. The Morgan fingerprint density at radius 2 is 2.11 bits per heavy atom. The summed E-state index contributed by atoms with van der Waals surface area (Å²) in [5, 5.41) is 0.509. The topological polar surface area (TPSA) is 46.6 Å². The van der Waals surface area contributed by atoms with Crippen molar-refractivity contribution in [2.24, 2.45) is 0 Å². The van der Waals surface area contributed by atoms with Crippen LogP contribution in [-0.2, 0) is 9.53 Å². The summed E-state index contributed by atoms with van der Waals surface area (Å²) in [4.78, 5) is 24.7. The average molecular weight is 349 g/mol. The number of carbonyl (C=O) groups is 2. The summed E-state index contributed by atoms with van der Waals surface area (Å²) < 4.78 is 5.24. The van der Waals surface area contributed by atoms with Crippen molar-refractivity contribution in [2.45, 2.75) is 12.8 Å². The highest BCUT2D eigenvalue weighted by molar-refractivity contribution is 9.10. The average Bonchev–Trinajstić information content (AvgIpc) is 2.40. The number of nitrogens with zero attached hydrogens (tertiary/aromatic N) is 1. The molecule has 1 aromatic carbocycles. The molecule has 0 heterocycles. The number of benzene rings is 1. The van der Waals surface area contributed by atoms with E-state index in [4.69, 9.17) is 11.6 Å². The fourth-order valence-corrected chi connectivity index (χ4v) is 2.12. The van der Waals surface area contributed by atoms with E-state index in [1.54, 1.807) is 30.1 Å². The van der Waals surface area contributed by atoms with Crippen molar-refractivity contribution in [1.82, 2.24) is 4.90 Å². The van der Waals surface area contributed by atoms with Crippen LogP contribution in [0, 0.1) is 0 Å². The normalized spacial score (nSPS) is 10.1. The number of ether oxygens (including phenoxy) is 1. The van der Waals surface area contributed by atoms with Crippen molar-refractivity contribution in [3.05, 3.63) is 33.3 Å². The Labute approximate surface area is 125 Å². The molecule has 0 atom stereocenters. The quantitative estimate of drug-likeness (QED) is 0.768. The van der Waals surface area contributed by atoms with Crippen LogP contribution in [-0.4, -0.2) is 37.5 Å². The Hall–Kier alpha value is -1.07. The van der Waals surface area contributed by atoms with Gasteiger partial charge in [0.05, 0.1) is 12.7 Å². The third-order valence-electron chi connectivity index (χ3n) is 2.61. The molecule has 1 rings (SSSR count). The number of hydrogen-bond donors (Lipinski definition) is 0. The van der Waals surface area contributed by atoms with Crippen LogP contribution in [0.4, 0.5) is 0 Å². The van der Waals surface area contributed by atoms with Crippen LogP contribution in [0.15, 0.2) is 22.7 Å². The van der Waals surface area contributed by atoms with E-state index in [0.29, 0.717) is 34.4 Å². The highest BCUT2D eigenvalue weighted by Crippen LogP contribution is 2.22. The van der Waals surface area contributed by atoms with Gasteiger partial charge in [0, 0.05) is 29.5 Å². The Morgan fingerprint density at radius 3 is 2.74 bits per heavy atom. The third kappa shape index (κ3) is 4.84. The van der Waals surface area contributed by atoms with Crippen molar-refractivity contribution in [3.63, 3.8) is 0 Å². The lowest BCUT2D eigenvalue weighted by atomic mass is 10.2. The molecule has 6 heteroatoms. The van der Waals surface area contributed by atoms with Gasteiger partial charge in [0.1, 0.15) is 0 Å². The molecule has 0 aliphatic rings. The van der Waals surface area contributed by atoms with E-state index in [-0.39, 0.29) is 11.9 Å². The molecule has 1 aromatic rings. The maximum Gasteiger partial charge on any atom is 0.305 e. The lowest BCUT2D eigenvalue weighted by Gasteiger charge is -2.17. The molecule has 4 nitrogen and oxygen atoms in total. The van der Waals surface area contributed by atoms with Crippen molar-refractivity contribution < 1.29 is 14.3 Å². The lowest BCUT2D eigenvalue weighted by Crippen LogP contribution is -2.28. The maximum absolute atomic E-state index is 12.2. The SMILES string of the molecule is COC(=O)CCCN(C)C(=O)c1cc(Cl)ccc1Br. The first-order valence-corrected chi connectivity index (χ1v) is 6.90. The molecule has 0 aromatic heterocycles. The van der Waals surface area contributed by atoms with E-state index in [0.717, 1.165) is 0 Å². The van der Waals surface area contributed by atoms with E-state index in [2.05, 4.69) is 20.7 Å². The predicted octanol–water partition coefficient (Wildman–Crippen LogP) is 3.13. The van der Waals surface area contributed by atoms with E-state index in [1.165, 1.54) is 7.11 Å². The largest absolute Gasteiger partial charge is 0.469 e. The van der Waals surface area contributed by atoms with Gasteiger partial charge in [0.2, 0.25) is 0 Å². The van der Waals surface area contributed by atoms with Crippen LogP contribution in [0.2, 0.25) is 5.02 Å². The summed E-state index contributed by atoms with van der Waals surface area (Å²) in [6, 6.07) is 5.06.